The highest BCUT2D eigenvalue weighted by Gasteiger charge is 2.25. The first-order valence-electron chi connectivity index (χ1n) is 11.7. The molecule has 6 heteroatoms. The van der Waals surface area contributed by atoms with Gasteiger partial charge in [0.25, 0.3) is 0 Å². The highest BCUT2D eigenvalue weighted by molar-refractivity contribution is 5.80. The van der Waals surface area contributed by atoms with Crippen molar-refractivity contribution in [3.63, 3.8) is 0 Å². The van der Waals surface area contributed by atoms with Gasteiger partial charge in [-0.15, -0.1) is 0 Å². The smallest absolute Gasteiger partial charge is 0.193 e. The number of aliphatic imine (C=N–C) groups is 1. The van der Waals surface area contributed by atoms with Crippen molar-refractivity contribution in [1.29, 1.82) is 0 Å². The van der Waals surface area contributed by atoms with E-state index >= 15 is 0 Å². The fourth-order valence-electron chi connectivity index (χ4n) is 4.69. The molecule has 6 nitrogen and oxygen atoms in total. The molecule has 2 aliphatic heterocycles. The molecule has 0 bridgehead atoms. The summed E-state index contributed by atoms with van der Waals surface area (Å²) in [5.74, 6) is 2.79. The lowest BCUT2D eigenvalue weighted by Crippen LogP contribution is -2.46. The Kier molecular flexibility index (Phi) is 7.41. The Morgan fingerprint density at radius 2 is 1.87 bits per heavy atom. The molecule has 4 rings (SSSR count). The van der Waals surface area contributed by atoms with Gasteiger partial charge in [0.15, 0.2) is 5.96 Å². The Bertz CT molecular complexity index is 844. The SMILES string of the molecule is CCN1CCN(c2cc(CNC(=NC)N3CCC(Cc4ccccc4)C3)ccn2)CC1. The minimum absolute atomic E-state index is 0.690. The van der Waals surface area contributed by atoms with Gasteiger partial charge in [-0.25, -0.2) is 4.98 Å². The number of anilines is 1. The molecule has 166 valence electrons. The summed E-state index contributed by atoms with van der Waals surface area (Å²) >= 11 is 0. The number of guanidine groups is 1. The van der Waals surface area contributed by atoms with Crippen LogP contribution in [0.3, 0.4) is 0 Å². The van der Waals surface area contributed by atoms with Crippen molar-refractivity contribution in [3.05, 3.63) is 59.8 Å². The van der Waals surface area contributed by atoms with Gasteiger partial charge in [-0.3, -0.25) is 4.99 Å². The standard InChI is InChI=1S/C25H36N6/c1-3-29-13-15-30(16-14-29)24-18-22(9-11-27-24)19-28-25(26-2)31-12-10-23(20-31)17-21-7-5-4-6-8-21/h4-9,11,18,23H,3,10,12-17,19-20H2,1-2H3,(H,26,28). The molecule has 0 amide bonds. The normalized spacial score (nSPS) is 20.3. The van der Waals surface area contributed by atoms with Gasteiger partial charge in [-0.05, 0) is 48.6 Å². The number of likely N-dealkylation sites (tertiary alicyclic amines) is 1. The van der Waals surface area contributed by atoms with Gasteiger partial charge in [0, 0.05) is 59.1 Å². The summed E-state index contributed by atoms with van der Waals surface area (Å²) in [6, 6.07) is 15.2. The van der Waals surface area contributed by atoms with Crippen LogP contribution in [0.5, 0.6) is 0 Å². The molecule has 2 aromatic rings. The molecule has 1 N–H and O–H groups in total. The first-order chi connectivity index (χ1) is 15.2. The molecule has 2 fully saturated rings. The Labute approximate surface area is 187 Å². The molecule has 1 atom stereocenters. The maximum Gasteiger partial charge on any atom is 0.193 e. The van der Waals surface area contributed by atoms with E-state index in [1.165, 1.54) is 17.5 Å². The van der Waals surface area contributed by atoms with Crippen LogP contribution in [0.4, 0.5) is 5.82 Å². The minimum Gasteiger partial charge on any atom is -0.354 e. The number of pyridine rings is 1. The second-order valence-corrected chi connectivity index (χ2v) is 8.63. The van der Waals surface area contributed by atoms with Gasteiger partial charge >= 0.3 is 0 Å². The Balaban J connectivity index is 1.29. The van der Waals surface area contributed by atoms with Gasteiger partial charge in [0.2, 0.25) is 0 Å². The Morgan fingerprint density at radius 1 is 1.06 bits per heavy atom. The zero-order valence-corrected chi connectivity index (χ0v) is 19.0. The summed E-state index contributed by atoms with van der Waals surface area (Å²) in [7, 11) is 1.89. The molecule has 0 radical (unpaired) electrons. The van der Waals surface area contributed by atoms with Crippen molar-refractivity contribution in [2.24, 2.45) is 10.9 Å². The van der Waals surface area contributed by atoms with E-state index in [-0.39, 0.29) is 0 Å². The lowest BCUT2D eigenvalue weighted by Gasteiger charge is -2.34. The zero-order chi connectivity index (χ0) is 21.5. The molecular weight excluding hydrogens is 384 g/mol. The fraction of sp³-hybridized carbons (Fsp3) is 0.520. The van der Waals surface area contributed by atoms with Crippen LogP contribution in [-0.2, 0) is 13.0 Å². The van der Waals surface area contributed by atoms with Crippen molar-refractivity contribution in [2.45, 2.75) is 26.3 Å². The van der Waals surface area contributed by atoms with Crippen LogP contribution in [0.2, 0.25) is 0 Å². The molecule has 1 aromatic carbocycles. The van der Waals surface area contributed by atoms with Gasteiger partial charge in [-0.2, -0.15) is 0 Å². The average molecular weight is 421 g/mol. The number of benzene rings is 1. The molecule has 3 heterocycles. The quantitative estimate of drug-likeness (QED) is 0.575. The van der Waals surface area contributed by atoms with Gasteiger partial charge in [0.05, 0.1) is 0 Å². The van der Waals surface area contributed by atoms with E-state index < -0.39 is 0 Å². The maximum absolute atomic E-state index is 4.63. The predicted octanol–water partition coefficient (Wildman–Crippen LogP) is 2.86. The minimum atomic E-state index is 0.690. The first-order valence-corrected chi connectivity index (χ1v) is 11.7. The van der Waals surface area contributed by atoms with Crippen LogP contribution in [0.15, 0.2) is 53.7 Å². The van der Waals surface area contributed by atoms with Gasteiger partial charge in [-0.1, -0.05) is 37.3 Å². The van der Waals surface area contributed by atoms with Crippen molar-refractivity contribution >= 4 is 11.8 Å². The molecule has 0 saturated carbocycles. The van der Waals surface area contributed by atoms with E-state index in [0.717, 1.165) is 70.6 Å². The summed E-state index contributed by atoms with van der Waals surface area (Å²) in [6.07, 6.45) is 4.30. The molecule has 1 unspecified atom stereocenters. The summed E-state index contributed by atoms with van der Waals surface area (Å²) in [5, 5.41) is 3.58. The molecule has 2 saturated heterocycles. The number of likely N-dealkylation sites (N-methyl/N-ethyl adjacent to an activating group) is 1. The number of aromatic nitrogens is 1. The third-order valence-corrected chi connectivity index (χ3v) is 6.57. The van der Waals surface area contributed by atoms with E-state index in [0.29, 0.717) is 5.92 Å². The molecule has 0 spiro atoms. The first kappa shape index (κ1) is 21.6. The third-order valence-electron chi connectivity index (χ3n) is 6.57. The topological polar surface area (TPSA) is 47.0 Å². The van der Waals surface area contributed by atoms with Crippen LogP contribution in [-0.4, -0.2) is 73.6 Å². The molecule has 1 aromatic heterocycles. The summed E-state index contributed by atoms with van der Waals surface area (Å²) in [4.78, 5) is 16.5. The lowest BCUT2D eigenvalue weighted by atomic mass is 9.99. The summed E-state index contributed by atoms with van der Waals surface area (Å²) in [6.45, 7) is 10.6. The molecule has 31 heavy (non-hydrogen) atoms. The summed E-state index contributed by atoms with van der Waals surface area (Å²) in [5.41, 5.74) is 2.69. The number of nitrogens with zero attached hydrogens (tertiary/aromatic N) is 5. The highest BCUT2D eigenvalue weighted by Crippen LogP contribution is 2.21. The van der Waals surface area contributed by atoms with Gasteiger partial charge < -0.3 is 20.0 Å². The Morgan fingerprint density at radius 3 is 2.61 bits per heavy atom. The van der Waals surface area contributed by atoms with E-state index in [1.807, 2.05) is 13.2 Å². The second-order valence-electron chi connectivity index (χ2n) is 8.63. The van der Waals surface area contributed by atoms with Crippen LogP contribution < -0.4 is 10.2 Å². The summed E-state index contributed by atoms with van der Waals surface area (Å²) < 4.78 is 0. The Hall–Kier alpha value is -2.60. The van der Waals surface area contributed by atoms with Crippen molar-refractivity contribution in [3.8, 4) is 0 Å². The van der Waals surface area contributed by atoms with Crippen LogP contribution in [0.1, 0.15) is 24.5 Å². The second kappa shape index (κ2) is 10.6. The number of hydrogen-bond acceptors (Lipinski definition) is 4. The van der Waals surface area contributed by atoms with Crippen molar-refractivity contribution in [1.82, 2.24) is 20.1 Å². The molecule has 0 aliphatic carbocycles. The number of piperazine rings is 1. The van der Waals surface area contributed by atoms with Crippen LogP contribution >= 0.6 is 0 Å². The third kappa shape index (κ3) is 5.76. The predicted molar refractivity (Wildman–Crippen MR) is 129 cm³/mol. The number of hydrogen-bond donors (Lipinski definition) is 1. The van der Waals surface area contributed by atoms with E-state index in [1.54, 1.807) is 0 Å². The highest BCUT2D eigenvalue weighted by atomic mass is 15.3. The van der Waals surface area contributed by atoms with Gasteiger partial charge in [0.1, 0.15) is 5.82 Å². The fourth-order valence-corrected chi connectivity index (χ4v) is 4.69. The largest absolute Gasteiger partial charge is 0.354 e. The van der Waals surface area contributed by atoms with E-state index in [9.17, 15) is 0 Å². The maximum atomic E-state index is 4.63. The van der Waals surface area contributed by atoms with Crippen molar-refractivity contribution in [2.75, 3.05) is 57.8 Å². The average Bonchev–Trinajstić information content (AvgIpc) is 3.28. The van der Waals surface area contributed by atoms with Crippen LogP contribution in [0.25, 0.3) is 0 Å². The van der Waals surface area contributed by atoms with E-state index in [4.69, 9.17) is 0 Å². The van der Waals surface area contributed by atoms with Crippen LogP contribution in [0, 0.1) is 5.92 Å². The zero-order valence-electron chi connectivity index (χ0n) is 19.0. The number of rotatable bonds is 6. The van der Waals surface area contributed by atoms with Crippen molar-refractivity contribution < 1.29 is 0 Å². The number of nitrogens with one attached hydrogen (secondary N) is 1. The monoisotopic (exact) mass is 420 g/mol. The lowest BCUT2D eigenvalue weighted by molar-refractivity contribution is 0.270. The van der Waals surface area contributed by atoms with E-state index in [2.05, 4.69) is 79.4 Å². The molecular formula is C25H36N6. The molecule has 2 aliphatic rings.